The fraction of sp³-hybridized carbons (Fsp3) is 0.714. The van der Waals surface area contributed by atoms with E-state index in [1.165, 1.54) is 0 Å². The first-order valence-corrected chi connectivity index (χ1v) is 3.75. The lowest BCUT2D eigenvalue weighted by Gasteiger charge is -2.16. The topological polar surface area (TPSA) is 66.8 Å². The Labute approximate surface area is 70.9 Å². The van der Waals surface area contributed by atoms with Gasteiger partial charge in [-0.1, -0.05) is 0 Å². The quantitative estimate of drug-likeness (QED) is 0.677. The molecule has 0 rings (SSSR count). The molecule has 0 fully saturated rings. The van der Waals surface area contributed by atoms with Gasteiger partial charge in [0, 0.05) is 6.54 Å². The molecule has 0 aromatic rings. The average Bonchev–Trinajstić information content (AvgIpc) is 2.00. The Balaban J connectivity index is 3.96. The first-order valence-electron chi connectivity index (χ1n) is 3.75. The number of hydrogen-bond acceptors (Lipinski definition) is 3. The van der Waals surface area contributed by atoms with Crippen molar-refractivity contribution in [3.05, 3.63) is 0 Å². The number of amides is 1. The molecular weight excluding hydrogens is 162 g/mol. The molecule has 0 aromatic heterocycles. The van der Waals surface area contributed by atoms with Crippen LogP contribution in [0.15, 0.2) is 0 Å². The summed E-state index contributed by atoms with van der Waals surface area (Å²) in [4.78, 5) is 22.3. The maximum Gasteiger partial charge on any atom is 0.410 e. The number of likely N-dealkylation sites (N-methyl/N-ethyl adjacent to an activating group) is 1. The Morgan fingerprint density at radius 2 is 2.00 bits per heavy atom. The van der Waals surface area contributed by atoms with Crippen LogP contribution in [0.3, 0.4) is 0 Å². The fourth-order valence-corrected chi connectivity index (χ4v) is 0.683. The molecule has 0 heterocycles. The van der Waals surface area contributed by atoms with Gasteiger partial charge in [-0.25, -0.2) is 4.79 Å². The van der Waals surface area contributed by atoms with E-state index in [1.54, 1.807) is 13.8 Å². The number of carboxylic acids is 1. The molecule has 0 aliphatic heterocycles. The first-order chi connectivity index (χ1) is 5.61. The summed E-state index contributed by atoms with van der Waals surface area (Å²) < 4.78 is 4.62. The van der Waals surface area contributed by atoms with E-state index in [2.05, 4.69) is 4.74 Å². The second-order valence-corrected chi connectivity index (χ2v) is 2.11. The largest absolute Gasteiger partial charge is 0.480 e. The van der Waals surface area contributed by atoms with Crippen LogP contribution < -0.4 is 0 Å². The van der Waals surface area contributed by atoms with Crippen molar-refractivity contribution in [3.63, 3.8) is 0 Å². The second-order valence-electron chi connectivity index (χ2n) is 2.11. The van der Waals surface area contributed by atoms with Crippen LogP contribution in [0.4, 0.5) is 4.79 Å². The monoisotopic (exact) mass is 175 g/mol. The predicted octanol–water partition coefficient (Wildman–Crippen LogP) is 0.549. The summed E-state index contributed by atoms with van der Waals surface area (Å²) in [5.41, 5.74) is 0. The lowest BCUT2D eigenvalue weighted by atomic mass is 10.5. The molecule has 0 aliphatic rings. The molecule has 0 saturated carbocycles. The van der Waals surface area contributed by atoms with Crippen molar-refractivity contribution in [2.45, 2.75) is 13.8 Å². The summed E-state index contributed by atoms with van der Waals surface area (Å²) in [5, 5.41) is 8.38. The zero-order chi connectivity index (χ0) is 9.56. The zero-order valence-corrected chi connectivity index (χ0v) is 7.24. The van der Waals surface area contributed by atoms with Gasteiger partial charge in [0.1, 0.15) is 6.54 Å². The van der Waals surface area contributed by atoms with E-state index in [0.717, 1.165) is 4.90 Å². The van der Waals surface area contributed by atoms with Gasteiger partial charge in [0.05, 0.1) is 6.61 Å². The molecule has 0 spiro atoms. The minimum absolute atomic E-state index is 0.259. The second kappa shape index (κ2) is 5.40. The van der Waals surface area contributed by atoms with Crippen LogP contribution in [-0.2, 0) is 9.53 Å². The van der Waals surface area contributed by atoms with Crippen LogP contribution in [0.5, 0.6) is 0 Å². The van der Waals surface area contributed by atoms with Gasteiger partial charge in [-0.05, 0) is 13.8 Å². The third kappa shape index (κ3) is 3.80. The molecule has 0 bridgehead atoms. The molecule has 0 radical (unpaired) electrons. The summed E-state index contributed by atoms with van der Waals surface area (Å²) in [6.45, 7) is 3.65. The SMILES string of the molecule is CCOC(=O)N(CC)CC(=O)O. The van der Waals surface area contributed by atoms with Gasteiger partial charge in [-0.3, -0.25) is 9.69 Å². The van der Waals surface area contributed by atoms with Gasteiger partial charge in [0.25, 0.3) is 0 Å². The van der Waals surface area contributed by atoms with Crippen LogP contribution in [0.1, 0.15) is 13.8 Å². The minimum Gasteiger partial charge on any atom is -0.480 e. The number of rotatable bonds is 4. The molecular formula is C7H13NO4. The maximum absolute atomic E-state index is 11.0. The lowest BCUT2D eigenvalue weighted by Crippen LogP contribution is -2.35. The van der Waals surface area contributed by atoms with Gasteiger partial charge in [-0.15, -0.1) is 0 Å². The van der Waals surface area contributed by atoms with Gasteiger partial charge in [0.2, 0.25) is 0 Å². The molecule has 0 unspecified atom stereocenters. The van der Waals surface area contributed by atoms with Crippen molar-refractivity contribution < 1.29 is 19.4 Å². The fourth-order valence-electron chi connectivity index (χ4n) is 0.683. The summed E-state index contributed by atoms with van der Waals surface area (Å²) in [6.07, 6.45) is -0.581. The average molecular weight is 175 g/mol. The lowest BCUT2D eigenvalue weighted by molar-refractivity contribution is -0.137. The van der Waals surface area contributed by atoms with E-state index in [-0.39, 0.29) is 13.2 Å². The van der Waals surface area contributed by atoms with Crippen molar-refractivity contribution in [1.29, 1.82) is 0 Å². The molecule has 5 nitrogen and oxygen atoms in total. The Morgan fingerprint density at radius 3 is 2.33 bits per heavy atom. The standard InChI is InChI=1S/C7H13NO4/c1-3-8(5-6(9)10)7(11)12-4-2/h3-5H2,1-2H3,(H,9,10). The zero-order valence-electron chi connectivity index (χ0n) is 7.24. The van der Waals surface area contributed by atoms with Gasteiger partial charge in [-0.2, -0.15) is 0 Å². The third-order valence-electron chi connectivity index (χ3n) is 1.23. The van der Waals surface area contributed by atoms with Crippen LogP contribution >= 0.6 is 0 Å². The predicted molar refractivity (Wildman–Crippen MR) is 41.9 cm³/mol. The van der Waals surface area contributed by atoms with Crippen molar-refractivity contribution >= 4 is 12.1 Å². The summed E-state index contributed by atoms with van der Waals surface area (Å²) in [5.74, 6) is -1.04. The van der Waals surface area contributed by atoms with Gasteiger partial charge < -0.3 is 9.84 Å². The molecule has 1 amide bonds. The number of nitrogens with zero attached hydrogens (tertiary/aromatic N) is 1. The van der Waals surface area contributed by atoms with Gasteiger partial charge in [0.15, 0.2) is 0 Å². The van der Waals surface area contributed by atoms with E-state index < -0.39 is 12.1 Å². The van der Waals surface area contributed by atoms with E-state index in [1.807, 2.05) is 0 Å². The molecule has 1 N–H and O–H groups in total. The summed E-state index contributed by atoms with van der Waals surface area (Å²) >= 11 is 0. The third-order valence-corrected chi connectivity index (χ3v) is 1.23. The molecule has 0 atom stereocenters. The highest BCUT2D eigenvalue weighted by molar-refractivity contribution is 5.76. The summed E-state index contributed by atoms with van der Waals surface area (Å²) in [7, 11) is 0. The number of ether oxygens (including phenoxy) is 1. The van der Waals surface area contributed by atoms with Gasteiger partial charge >= 0.3 is 12.1 Å². The van der Waals surface area contributed by atoms with Crippen LogP contribution in [0, 0.1) is 0 Å². The minimum atomic E-state index is -1.04. The van der Waals surface area contributed by atoms with E-state index >= 15 is 0 Å². The molecule has 70 valence electrons. The van der Waals surface area contributed by atoms with E-state index in [0.29, 0.717) is 6.54 Å². The summed E-state index contributed by atoms with van der Waals surface area (Å²) in [6, 6.07) is 0. The molecule has 0 saturated heterocycles. The molecule has 12 heavy (non-hydrogen) atoms. The van der Waals surface area contributed by atoms with E-state index in [9.17, 15) is 9.59 Å². The van der Waals surface area contributed by atoms with Crippen LogP contribution in [0.25, 0.3) is 0 Å². The molecule has 0 aliphatic carbocycles. The van der Waals surface area contributed by atoms with Crippen LogP contribution in [0.2, 0.25) is 0 Å². The Kier molecular flexibility index (Phi) is 4.83. The number of carboxylic acid groups (broad SMARTS) is 1. The highest BCUT2D eigenvalue weighted by Crippen LogP contribution is 1.92. The molecule has 0 aromatic carbocycles. The van der Waals surface area contributed by atoms with Crippen LogP contribution in [-0.4, -0.2) is 41.8 Å². The smallest absolute Gasteiger partial charge is 0.410 e. The van der Waals surface area contributed by atoms with Crippen molar-refractivity contribution in [3.8, 4) is 0 Å². The highest BCUT2D eigenvalue weighted by atomic mass is 16.6. The number of carbonyl (C=O) groups excluding carboxylic acids is 1. The highest BCUT2D eigenvalue weighted by Gasteiger charge is 2.14. The van der Waals surface area contributed by atoms with Crippen molar-refractivity contribution in [2.75, 3.05) is 19.7 Å². The Bertz CT molecular complexity index is 169. The maximum atomic E-state index is 11.0. The normalized spacial score (nSPS) is 9.17. The number of hydrogen-bond donors (Lipinski definition) is 1. The van der Waals surface area contributed by atoms with Crippen molar-refractivity contribution in [2.24, 2.45) is 0 Å². The number of aliphatic carboxylic acids is 1. The Hall–Kier alpha value is -1.26. The van der Waals surface area contributed by atoms with Crippen molar-refractivity contribution in [1.82, 2.24) is 4.90 Å². The molecule has 5 heteroatoms. The Morgan fingerprint density at radius 1 is 1.42 bits per heavy atom. The van der Waals surface area contributed by atoms with E-state index in [4.69, 9.17) is 5.11 Å². The first kappa shape index (κ1) is 10.7. The number of carbonyl (C=O) groups is 2.